The van der Waals surface area contributed by atoms with Crippen molar-refractivity contribution in [1.82, 2.24) is 5.32 Å². The Kier molecular flexibility index (Phi) is 4.37. The van der Waals surface area contributed by atoms with Crippen molar-refractivity contribution in [3.8, 4) is 0 Å². The Morgan fingerprint density at radius 1 is 1.32 bits per heavy atom. The number of benzene rings is 1. The molecule has 4 N–H and O–H groups in total. The Bertz CT molecular complexity index is 485. The lowest BCUT2D eigenvalue weighted by Gasteiger charge is -2.37. The number of hydrogen-bond donors (Lipinski definition) is 3. The zero-order chi connectivity index (χ0) is 14.7. The summed E-state index contributed by atoms with van der Waals surface area (Å²) in [6, 6.07) is 7.26. The van der Waals surface area contributed by atoms with Crippen molar-refractivity contribution in [2.45, 2.75) is 38.8 Å². The predicted octanol–water partition coefficient (Wildman–Crippen LogP) is 1.95. The van der Waals surface area contributed by atoms with Crippen LogP contribution in [0.1, 0.15) is 33.3 Å². The van der Waals surface area contributed by atoms with E-state index < -0.39 is 11.1 Å². The van der Waals surface area contributed by atoms with Gasteiger partial charge >= 0.3 is 0 Å². The van der Waals surface area contributed by atoms with Crippen molar-refractivity contribution < 1.29 is 9.90 Å². The second kappa shape index (κ2) is 5.45. The molecule has 0 spiro atoms. The number of aliphatic hydroxyl groups is 1. The fourth-order valence-electron chi connectivity index (χ4n) is 1.34. The zero-order valence-electron chi connectivity index (χ0n) is 11.9. The highest BCUT2D eigenvalue weighted by molar-refractivity contribution is 5.92. The molecule has 1 aromatic rings. The molecule has 0 aliphatic rings. The summed E-state index contributed by atoms with van der Waals surface area (Å²) in [6.45, 7) is 6.88. The molecule has 1 aromatic carbocycles. The molecule has 0 aliphatic heterocycles. The van der Waals surface area contributed by atoms with Crippen molar-refractivity contribution in [3.05, 3.63) is 35.9 Å². The van der Waals surface area contributed by atoms with Crippen molar-refractivity contribution in [2.75, 3.05) is 5.73 Å². The van der Waals surface area contributed by atoms with E-state index in [0.717, 1.165) is 5.56 Å². The number of carbonyl (C=O) groups excluding carboxylic acids is 1. The van der Waals surface area contributed by atoms with Crippen LogP contribution in [0.5, 0.6) is 0 Å². The zero-order valence-corrected chi connectivity index (χ0v) is 11.9. The van der Waals surface area contributed by atoms with Crippen LogP contribution < -0.4 is 11.1 Å². The monoisotopic (exact) mass is 262 g/mol. The lowest BCUT2D eigenvalue weighted by atomic mass is 9.86. The fourth-order valence-corrected chi connectivity index (χ4v) is 1.34. The quantitative estimate of drug-likeness (QED) is 0.573. The van der Waals surface area contributed by atoms with Crippen molar-refractivity contribution >= 4 is 17.7 Å². The molecule has 0 aromatic heterocycles. The fraction of sp³-hybridized carbons (Fsp3) is 0.400. The first-order valence-electron chi connectivity index (χ1n) is 6.20. The number of rotatable bonds is 4. The van der Waals surface area contributed by atoms with Gasteiger partial charge in [-0.2, -0.15) is 0 Å². The molecule has 104 valence electrons. The number of nitrogen functional groups attached to an aromatic ring is 1. The molecule has 0 radical (unpaired) electrons. The predicted molar refractivity (Wildman–Crippen MR) is 78.4 cm³/mol. The molecule has 0 saturated heterocycles. The first-order chi connectivity index (χ1) is 8.62. The minimum Gasteiger partial charge on any atom is -0.399 e. The molecule has 0 aliphatic carbocycles. The molecule has 0 atom stereocenters. The first kappa shape index (κ1) is 15.2. The summed E-state index contributed by atoms with van der Waals surface area (Å²) in [4.78, 5) is 11.8. The molecule has 19 heavy (non-hydrogen) atoms. The van der Waals surface area contributed by atoms with E-state index in [1.807, 2.05) is 12.1 Å². The molecule has 1 amide bonds. The summed E-state index contributed by atoms with van der Waals surface area (Å²) in [7, 11) is 0. The van der Waals surface area contributed by atoms with Crippen LogP contribution in [-0.2, 0) is 4.79 Å². The van der Waals surface area contributed by atoms with Gasteiger partial charge in [0.05, 0.1) is 11.1 Å². The third kappa shape index (κ3) is 4.41. The van der Waals surface area contributed by atoms with E-state index in [1.54, 1.807) is 45.9 Å². The van der Waals surface area contributed by atoms with Gasteiger partial charge in [-0.1, -0.05) is 12.1 Å². The summed E-state index contributed by atoms with van der Waals surface area (Å²) in [6.07, 6.45) is 3.12. The van der Waals surface area contributed by atoms with Gasteiger partial charge in [-0.15, -0.1) is 0 Å². The Labute approximate surface area is 114 Å². The molecule has 0 unspecified atom stereocenters. The smallest absolute Gasteiger partial charge is 0.244 e. The lowest BCUT2D eigenvalue weighted by molar-refractivity contribution is -0.121. The van der Waals surface area contributed by atoms with Gasteiger partial charge in [0.15, 0.2) is 0 Å². The maximum absolute atomic E-state index is 11.8. The largest absolute Gasteiger partial charge is 0.399 e. The minimum atomic E-state index is -1.01. The Balaban J connectivity index is 2.71. The molecule has 0 saturated carbocycles. The second-order valence-corrected chi connectivity index (χ2v) is 5.68. The van der Waals surface area contributed by atoms with Crippen LogP contribution in [0.4, 0.5) is 5.69 Å². The summed E-state index contributed by atoms with van der Waals surface area (Å²) >= 11 is 0. The number of nitrogens with one attached hydrogen (secondary N) is 1. The van der Waals surface area contributed by atoms with Gasteiger partial charge in [-0.3, -0.25) is 4.79 Å². The minimum absolute atomic E-state index is 0.255. The normalized spacial score (nSPS) is 12.7. The molecule has 1 rings (SSSR count). The van der Waals surface area contributed by atoms with Crippen LogP contribution in [0, 0.1) is 0 Å². The van der Waals surface area contributed by atoms with Crippen LogP contribution >= 0.6 is 0 Å². The highest BCUT2D eigenvalue weighted by Gasteiger charge is 2.35. The Morgan fingerprint density at radius 2 is 1.95 bits per heavy atom. The number of carbonyl (C=O) groups is 1. The van der Waals surface area contributed by atoms with Crippen molar-refractivity contribution in [3.63, 3.8) is 0 Å². The molecule has 0 heterocycles. The van der Waals surface area contributed by atoms with Crippen LogP contribution in [0.25, 0.3) is 6.08 Å². The van der Waals surface area contributed by atoms with Gasteiger partial charge in [0.25, 0.3) is 0 Å². The molecule has 0 fully saturated rings. The van der Waals surface area contributed by atoms with Gasteiger partial charge in [0, 0.05) is 11.8 Å². The number of anilines is 1. The maximum atomic E-state index is 11.8. The highest BCUT2D eigenvalue weighted by Crippen LogP contribution is 2.20. The molecular formula is C15H22N2O2. The summed E-state index contributed by atoms with van der Waals surface area (Å²) in [5.74, 6) is -0.255. The van der Waals surface area contributed by atoms with Gasteiger partial charge in [0.1, 0.15) is 0 Å². The highest BCUT2D eigenvalue weighted by atomic mass is 16.3. The first-order valence-corrected chi connectivity index (χ1v) is 6.20. The molecule has 0 bridgehead atoms. The van der Waals surface area contributed by atoms with Crippen LogP contribution in [0.2, 0.25) is 0 Å². The third-order valence-electron chi connectivity index (χ3n) is 3.30. The van der Waals surface area contributed by atoms with E-state index in [1.165, 1.54) is 6.08 Å². The summed E-state index contributed by atoms with van der Waals surface area (Å²) in [5, 5.41) is 12.7. The number of amides is 1. The molecule has 4 nitrogen and oxygen atoms in total. The average Bonchev–Trinajstić information content (AvgIpc) is 2.24. The van der Waals surface area contributed by atoms with Gasteiger partial charge in [0.2, 0.25) is 5.91 Å². The SMILES string of the molecule is CC(C)(O)C(C)(C)NC(=O)/C=C/c1cccc(N)c1. The third-order valence-corrected chi connectivity index (χ3v) is 3.30. The van der Waals surface area contributed by atoms with E-state index in [2.05, 4.69) is 5.32 Å². The number of hydrogen-bond acceptors (Lipinski definition) is 3. The summed E-state index contributed by atoms with van der Waals surface area (Å²) in [5.41, 5.74) is 5.44. The second-order valence-electron chi connectivity index (χ2n) is 5.68. The van der Waals surface area contributed by atoms with Crippen LogP contribution in [-0.4, -0.2) is 22.2 Å². The molecule has 4 heteroatoms. The molecular weight excluding hydrogens is 240 g/mol. The van der Waals surface area contributed by atoms with Crippen molar-refractivity contribution in [2.24, 2.45) is 0 Å². The van der Waals surface area contributed by atoms with E-state index in [-0.39, 0.29) is 5.91 Å². The topological polar surface area (TPSA) is 75.3 Å². The lowest BCUT2D eigenvalue weighted by Crippen LogP contribution is -2.57. The van der Waals surface area contributed by atoms with Gasteiger partial charge in [-0.25, -0.2) is 0 Å². The van der Waals surface area contributed by atoms with Gasteiger partial charge in [-0.05, 0) is 51.5 Å². The van der Waals surface area contributed by atoms with E-state index >= 15 is 0 Å². The van der Waals surface area contributed by atoms with Crippen molar-refractivity contribution in [1.29, 1.82) is 0 Å². The summed E-state index contributed by atoms with van der Waals surface area (Å²) < 4.78 is 0. The van der Waals surface area contributed by atoms with Gasteiger partial charge < -0.3 is 16.2 Å². The van der Waals surface area contributed by atoms with E-state index in [4.69, 9.17) is 5.73 Å². The van der Waals surface area contributed by atoms with Crippen LogP contribution in [0.3, 0.4) is 0 Å². The number of nitrogens with two attached hydrogens (primary N) is 1. The van der Waals surface area contributed by atoms with Crippen LogP contribution in [0.15, 0.2) is 30.3 Å². The standard InChI is InChI=1S/C15H22N2O2/c1-14(2,15(3,4)19)17-13(18)9-8-11-6-5-7-12(16)10-11/h5-10,19H,16H2,1-4H3,(H,17,18)/b9-8+. The Hall–Kier alpha value is -1.81. The van der Waals surface area contributed by atoms with E-state index in [9.17, 15) is 9.90 Å². The maximum Gasteiger partial charge on any atom is 0.244 e. The van der Waals surface area contributed by atoms with E-state index in [0.29, 0.717) is 5.69 Å². The average molecular weight is 262 g/mol. The Morgan fingerprint density at radius 3 is 2.47 bits per heavy atom.